The highest BCUT2D eigenvalue weighted by Crippen LogP contribution is 2.27. The molecule has 0 bridgehead atoms. The summed E-state index contributed by atoms with van der Waals surface area (Å²) in [7, 11) is 5.91. The Bertz CT molecular complexity index is 893. The van der Waals surface area contributed by atoms with Crippen LogP contribution in [0.2, 0.25) is 0 Å². The maximum atomic E-state index is 4.42. The van der Waals surface area contributed by atoms with Crippen LogP contribution >= 0.6 is 0 Å². The first-order valence-corrected chi connectivity index (χ1v) is 13.7. The first-order valence-electron chi connectivity index (χ1n) is 13.7. The monoisotopic (exact) mass is 497 g/mol. The van der Waals surface area contributed by atoms with Gasteiger partial charge in [0.1, 0.15) is 11.6 Å². The van der Waals surface area contributed by atoms with Crippen LogP contribution in [-0.2, 0) is 0 Å². The molecule has 0 aliphatic heterocycles. The lowest BCUT2D eigenvalue weighted by atomic mass is 9.84. The molecule has 204 valence electrons. The topological polar surface area (TPSA) is 44.6 Å². The van der Waals surface area contributed by atoms with Crippen molar-refractivity contribution in [2.24, 2.45) is 22.4 Å². The largest absolute Gasteiger partial charge is 0.362 e. The number of aryl methyl sites for hydroxylation is 1. The number of hydrogen-bond acceptors (Lipinski definition) is 5. The highest BCUT2D eigenvalue weighted by molar-refractivity contribution is 5.89. The predicted molar refractivity (Wildman–Crippen MR) is 162 cm³/mol. The van der Waals surface area contributed by atoms with E-state index in [0.29, 0.717) is 0 Å². The lowest BCUT2D eigenvalue weighted by Gasteiger charge is -2.22. The number of aromatic nitrogens is 2. The van der Waals surface area contributed by atoms with E-state index in [2.05, 4.69) is 63.2 Å². The van der Waals surface area contributed by atoms with E-state index < -0.39 is 0 Å². The molecule has 0 saturated heterocycles. The quantitative estimate of drug-likeness (QED) is 0.313. The Balaban J connectivity index is 0.000000509. The Kier molecular flexibility index (Phi) is 15.9. The summed E-state index contributed by atoms with van der Waals surface area (Å²) in [5.74, 6) is 3.83. The van der Waals surface area contributed by atoms with Crippen molar-refractivity contribution in [1.29, 1.82) is 0 Å². The van der Waals surface area contributed by atoms with Crippen molar-refractivity contribution in [3.8, 4) is 0 Å². The number of fused-ring (bicyclic) bond motifs is 1. The van der Waals surface area contributed by atoms with Gasteiger partial charge in [-0.05, 0) is 42.7 Å². The number of anilines is 1. The molecule has 1 aromatic heterocycles. The van der Waals surface area contributed by atoms with E-state index in [1.807, 2.05) is 82.3 Å². The summed E-state index contributed by atoms with van der Waals surface area (Å²) in [6.45, 7) is 23.0. The Morgan fingerprint density at radius 1 is 1.00 bits per heavy atom. The van der Waals surface area contributed by atoms with Crippen LogP contribution in [0, 0.1) is 24.2 Å². The van der Waals surface area contributed by atoms with Gasteiger partial charge in [0.25, 0.3) is 0 Å². The molecule has 1 aliphatic rings. The minimum atomic E-state index is 0.141. The molecule has 1 fully saturated rings. The summed E-state index contributed by atoms with van der Waals surface area (Å²) in [5.41, 5.74) is 2.18. The fraction of sp³-hybridized carbons (Fsp3) is 0.645. The summed E-state index contributed by atoms with van der Waals surface area (Å²) in [6.07, 6.45) is 8.77. The Labute approximate surface area is 223 Å². The Hall–Kier alpha value is -2.43. The van der Waals surface area contributed by atoms with E-state index in [-0.39, 0.29) is 5.41 Å². The second kappa shape index (κ2) is 17.1. The van der Waals surface area contributed by atoms with Crippen LogP contribution in [0.3, 0.4) is 0 Å². The van der Waals surface area contributed by atoms with Crippen LogP contribution in [0.4, 0.5) is 5.82 Å². The van der Waals surface area contributed by atoms with Gasteiger partial charge in [0.15, 0.2) is 0 Å². The van der Waals surface area contributed by atoms with Gasteiger partial charge in [-0.2, -0.15) is 5.10 Å². The Morgan fingerprint density at radius 3 is 1.94 bits per heavy atom. The lowest BCUT2D eigenvalue weighted by molar-refractivity contribution is 0.308. The molecule has 3 rings (SSSR count). The average molecular weight is 498 g/mol. The van der Waals surface area contributed by atoms with Crippen molar-refractivity contribution in [3.63, 3.8) is 0 Å². The summed E-state index contributed by atoms with van der Waals surface area (Å²) in [5, 5.41) is 7.20. The number of hydrazone groups is 1. The van der Waals surface area contributed by atoms with Gasteiger partial charge in [-0.15, -0.1) is 0 Å². The lowest BCUT2D eigenvalue weighted by Crippen LogP contribution is -2.14. The zero-order valence-corrected chi connectivity index (χ0v) is 25.5. The highest BCUT2D eigenvalue weighted by Gasteiger charge is 2.13. The van der Waals surface area contributed by atoms with E-state index in [0.717, 1.165) is 46.5 Å². The van der Waals surface area contributed by atoms with Crippen LogP contribution < -0.4 is 4.90 Å². The second-order valence-electron chi connectivity index (χ2n) is 10.9. The van der Waals surface area contributed by atoms with Gasteiger partial charge in [0.2, 0.25) is 0 Å². The van der Waals surface area contributed by atoms with Gasteiger partial charge >= 0.3 is 0 Å². The summed E-state index contributed by atoms with van der Waals surface area (Å²) in [4.78, 5) is 10.8. The van der Waals surface area contributed by atoms with E-state index in [1.165, 1.54) is 25.7 Å². The maximum absolute atomic E-state index is 4.42. The molecule has 1 aromatic carbocycles. The Morgan fingerprint density at radius 2 is 1.50 bits per heavy atom. The first kappa shape index (κ1) is 33.6. The van der Waals surface area contributed by atoms with Crippen molar-refractivity contribution >= 4 is 22.9 Å². The fourth-order valence-electron chi connectivity index (χ4n) is 3.51. The van der Waals surface area contributed by atoms with Crippen LogP contribution in [0.1, 0.15) is 93.3 Å². The van der Waals surface area contributed by atoms with Crippen LogP contribution in [0.5, 0.6) is 0 Å². The number of benzene rings is 1. The van der Waals surface area contributed by atoms with E-state index >= 15 is 0 Å². The van der Waals surface area contributed by atoms with Gasteiger partial charge in [-0.1, -0.05) is 99.8 Å². The molecule has 0 spiro atoms. The molecule has 1 aliphatic carbocycles. The van der Waals surface area contributed by atoms with Gasteiger partial charge in [0.05, 0.1) is 5.52 Å². The van der Waals surface area contributed by atoms with Gasteiger partial charge in [-0.3, -0.25) is 5.01 Å². The molecule has 2 aromatic rings. The summed E-state index contributed by atoms with van der Waals surface area (Å²) in [6, 6.07) is 8.06. The average Bonchev–Trinajstić information content (AvgIpc) is 2.84. The SMILES string of the molecule is C=C(CC)N(C)/N=C/C(C)(C)C.CC.CC1CCC(C)CC1.Cc1nc(N(C)C)c2ccccc2n1. The molecule has 0 unspecified atom stereocenters. The molecular weight excluding hydrogens is 442 g/mol. The summed E-state index contributed by atoms with van der Waals surface area (Å²) < 4.78 is 0. The number of hydrogen-bond donors (Lipinski definition) is 0. The molecule has 36 heavy (non-hydrogen) atoms. The van der Waals surface area contributed by atoms with E-state index in [9.17, 15) is 0 Å². The van der Waals surface area contributed by atoms with Crippen LogP contribution in [0.25, 0.3) is 10.9 Å². The molecule has 5 nitrogen and oxygen atoms in total. The normalized spacial score (nSPS) is 17.1. The van der Waals surface area contributed by atoms with Crippen LogP contribution in [-0.4, -0.2) is 42.3 Å². The number of allylic oxidation sites excluding steroid dienone is 1. The number of rotatable bonds is 4. The minimum Gasteiger partial charge on any atom is -0.362 e. The standard InChI is InChI=1S/C11H13N3.C10H20N2.C8H16.C2H6/c1-8-12-10-7-5-4-6-9(10)11(13-8)14(2)3;1-7-9(2)12(6)11-8-10(3,4)5;1-7-3-5-8(2)6-4-7;1-2/h4-7H,1-3H3;8H,2,7H2,1,3-6H3;7-8H,3-6H2,1-2H3;1-2H3/b;11-8+;;. The second-order valence-corrected chi connectivity index (χ2v) is 10.9. The maximum Gasteiger partial charge on any atom is 0.139 e. The summed E-state index contributed by atoms with van der Waals surface area (Å²) >= 11 is 0. The van der Waals surface area contributed by atoms with Crippen LogP contribution in [0.15, 0.2) is 41.6 Å². The number of nitrogens with zero attached hydrogens (tertiary/aromatic N) is 5. The zero-order valence-electron chi connectivity index (χ0n) is 25.5. The smallest absolute Gasteiger partial charge is 0.139 e. The van der Waals surface area contributed by atoms with E-state index in [4.69, 9.17) is 0 Å². The van der Waals surface area contributed by atoms with Crippen molar-refractivity contribution in [1.82, 2.24) is 15.0 Å². The molecule has 0 amide bonds. The molecule has 1 heterocycles. The van der Waals surface area contributed by atoms with E-state index in [1.54, 1.807) is 0 Å². The molecular formula is C31H55N5. The first-order chi connectivity index (χ1) is 16.8. The van der Waals surface area contributed by atoms with Gasteiger partial charge < -0.3 is 4.90 Å². The predicted octanol–water partition coefficient (Wildman–Crippen LogP) is 8.74. The van der Waals surface area contributed by atoms with Crippen molar-refractivity contribution < 1.29 is 0 Å². The van der Waals surface area contributed by atoms with Crippen molar-refractivity contribution in [2.75, 3.05) is 26.0 Å². The molecule has 0 N–H and O–H groups in total. The van der Waals surface area contributed by atoms with Gasteiger partial charge in [-0.25, -0.2) is 9.97 Å². The molecule has 5 heteroatoms. The third-order valence-corrected chi connectivity index (χ3v) is 5.91. The molecule has 0 atom stereocenters. The zero-order chi connectivity index (χ0) is 27.9. The minimum absolute atomic E-state index is 0.141. The third-order valence-electron chi connectivity index (χ3n) is 5.91. The molecule has 0 radical (unpaired) electrons. The molecule has 1 saturated carbocycles. The number of para-hydroxylation sites is 1. The van der Waals surface area contributed by atoms with Gasteiger partial charge in [0, 0.05) is 38.4 Å². The van der Waals surface area contributed by atoms with Crippen molar-refractivity contribution in [3.05, 3.63) is 42.4 Å². The highest BCUT2D eigenvalue weighted by atomic mass is 15.4. The fourth-order valence-corrected chi connectivity index (χ4v) is 3.51. The van der Waals surface area contributed by atoms with Crippen molar-refractivity contribution in [2.45, 2.75) is 94.4 Å². The third kappa shape index (κ3) is 13.6.